The van der Waals surface area contributed by atoms with Crippen molar-refractivity contribution in [2.45, 2.75) is 0 Å². The van der Waals surface area contributed by atoms with Gasteiger partial charge in [0.1, 0.15) is 11.4 Å². The zero-order valence-electron chi connectivity index (χ0n) is 9.68. The van der Waals surface area contributed by atoms with E-state index < -0.39 is 0 Å². The Kier molecular flexibility index (Phi) is 3.77. The molecule has 3 rings (SSSR count). The van der Waals surface area contributed by atoms with Gasteiger partial charge in [0, 0.05) is 20.1 Å². The van der Waals surface area contributed by atoms with E-state index in [1.165, 1.54) is 11.7 Å². The Hall–Kier alpha value is -1.04. The lowest BCUT2D eigenvalue weighted by atomic mass is 10.1. The van der Waals surface area contributed by atoms with Crippen molar-refractivity contribution in [3.8, 4) is 22.5 Å². The van der Waals surface area contributed by atoms with Gasteiger partial charge in [-0.05, 0) is 24.3 Å². The van der Waals surface area contributed by atoms with Crippen LogP contribution in [0.5, 0.6) is 0 Å². The fourth-order valence-corrected chi connectivity index (χ4v) is 2.90. The van der Waals surface area contributed by atoms with Crippen molar-refractivity contribution < 1.29 is 0 Å². The summed E-state index contributed by atoms with van der Waals surface area (Å²) in [6.45, 7) is 0. The predicted molar refractivity (Wildman–Crippen MR) is 86.2 cm³/mol. The standard InChI is InChI=1S/C14H8Br2N2S/c15-11-5-1-9(2-6-11)13-14(18-19-17-13)10-3-7-12(16)8-4-10/h1-8H. The molecule has 0 amide bonds. The number of benzene rings is 2. The highest BCUT2D eigenvalue weighted by molar-refractivity contribution is 9.10. The van der Waals surface area contributed by atoms with Gasteiger partial charge in [-0.15, -0.1) is 0 Å². The molecule has 94 valence electrons. The minimum absolute atomic E-state index is 0.930. The van der Waals surface area contributed by atoms with Crippen molar-refractivity contribution in [2.24, 2.45) is 0 Å². The van der Waals surface area contributed by atoms with Crippen LogP contribution in [-0.4, -0.2) is 8.75 Å². The maximum absolute atomic E-state index is 4.42. The van der Waals surface area contributed by atoms with E-state index in [-0.39, 0.29) is 0 Å². The molecule has 19 heavy (non-hydrogen) atoms. The van der Waals surface area contributed by atoms with E-state index in [1.807, 2.05) is 48.5 Å². The third-order valence-corrected chi connectivity index (χ3v) is 4.31. The van der Waals surface area contributed by atoms with E-state index in [1.54, 1.807) is 0 Å². The lowest BCUT2D eigenvalue weighted by Crippen LogP contribution is -1.83. The smallest absolute Gasteiger partial charge is 0.112 e. The number of rotatable bonds is 2. The second-order valence-corrected chi connectivity index (χ2v) is 6.34. The molecule has 0 saturated heterocycles. The summed E-state index contributed by atoms with van der Waals surface area (Å²) in [6, 6.07) is 16.2. The van der Waals surface area contributed by atoms with Gasteiger partial charge in [-0.3, -0.25) is 0 Å². The Bertz CT molecular complexity index is 630. The molecule has 0 aliphatic carbocycles. The van der Waals surface area contributed by atoms with E-state index >= 15 is 0 Å². The Balaban J connectivity index is 2.07. The van der Waals surface area contributed by atoms with Crippen LogP contribution >= 0.6 is 43.6 Å². The predicted octanol–water partition coefficient (Wildman–Crippen LogP) is 5.40. The first-order valence-electron chi connectivity index (χ1n) is 5.58. The second-order valence-electron chi connectivity index (χ2n) is 3.98. The lowest BCUT2D eigenvalue weighted by Gasteiger charge is -2.02. The topological polar surface area (TPSA) is 25.8 Å². The molecule has 0 aliphatic heterocycles. The molecular formula is C14H8Br2N2S. The summed E-state index contributed by atoms with van der Waals surface area (Å²) in [7, 11) is 0. The van der Waals surface area contributed by atoms with Gasteiger partial charge < -0.3 is 0 Å². The lowest BCUT2D eigenvalue weighted by molar-refractivity contribution is 1.46. The van der Waals surface area contributed by atoms with Crippen LogP contribution < -0.4 is 0 Å². The van der Waals surface area contributed by atoms with Crippen molar-refractivity contribution >= 4 is 43.6 Å². The summed E-state index contributed by atoms with van der Waals surface area (Å²) in [6.07, 6.45) is 0. The van der Waals surface area contributed by atoms with Crippen molar-refractivity contribution in [1.29, 1.82) is 0 Å². The highest BCUT2D eigenvalue weighted by Gasteiger charge is 2.12. The Labute approximate surface area is 132 Å². The second kappa shape index (κ2) is 5.53. The van der Waals surface area contributed by atoms with Crippen LogP contribution in [0.25, 0.3) is 22.5 Å². The van der Waals surface area contributed by atoms with E-state index in [0.29, 0.717) is 0 Å². The highest BCUT2D eigenvalue weighted by Crippen LogP contribution is 2.31. The maximum Gasteiger partial charge on any atom is 0.112 e. The number of hydrogen-bond acceptors (Lipinski definition) is 3. The molecule has 1 aromatic heterocycles. The molecule has 3 aromatic rings. The number of aromatic nitrogens is 2. The molecule has 2 aromatic carbocycles. The van der Waals surface area contributed by atoms with Gasteiger partial charge in [-0.2, -0.15) is 8.75 Å². The quantitative estimate of drug-likeness (QED) is 0.580. The third kappa shape index (κ3) is 2.78. The monoisotopic (exact) mass is 394 g/mol. The Morgan fingerprint density at radius 2 is 1.00 bits per heavy atom. The molecule has 5 heteroatoms. The minimum Gasteiger partial charge on any atom is -0.172 e. The summed E-state index contributed by atoms with van der Waals surface area (Å²) in [5, 5.41) is 0. The zero-order chi connectivity index (χ0) is 13.2. The van der Waals surface area contributed by atoms with E-state index in [4.69, 9.17) is 0 Å². The third-order valence-electron chi connectivity index (χ3n) is 2.72. The fraction of sp³-hybridized carbons (Fsp3) is 0. The molecule has 0 fully saturated rings. The van der Waals surface area contributed by atoms with Gasteiger partial charge >= 0.3 is 0 Å². The summed E-state index contributed by atoms with van der Waals surface area (Å²) >= 11 is 8.12. The largest absolute Gasteiger partial charge is 0.172 e. The molecule has 0 bridgehead atoms. The fourth-order valence-electron chi connectivity index (χ4n) is 1.78. The summed E-state index contributed by atoms with van der Waals surface area (Å²) in [5.41, 5.74) is 4.02. The van der Waals surface area contributed by atoms with Crippen molar-refractivity contribution in [1.82, 2.24) is 8.75 Å². The van der Waals surface area contributed by atoms with Crippen LogP contribution in [-0.2, 0) is 0 Å². The average molecular weight is 396 g/mol. The molecule has 0 saturated carbocycles. The summed E-state index contributed by atoms with van der Waals surface area (Å²) in [5.74, 6) is 0. The van der Waals surface area contributed by atoms with Crippen LogP contribution in [0.3, 0.4) is 0 Å². The Morgan fingerprint density at radius 1 is 0.632 bits per heavy atom. The van der Waals surface area contributed by atoms with Gasteiger partial charge in [-0.1, -0.05) is 56.1 Å². The van der Waals surface area contributed by atoms with E-state index in [9.17, 15) is 0 Å². The zero-order valence-corrected chi connectivity index (χ0v) is 13.7. The van der Waals surface area contributed by atoms with Crippen molar-refractivity contribution in [2.75, 3.05) is 0 Å². The van der Waals surface area contributed by atoms with Crippen LogP contribution in [0, 0.1) is 0 Å². The first kappa shape index (κ1) is 13.0. The first-order chi connectivity index (χ1) is 9.24. The van der Waals surface area contributed by atoms with Crippen molar-refractivity contribution in [3.63, 3.8) is 0 Å². The first-order valence-corrected chi connectivity index (χ1v) is 7.90. The van der Waals surface area contributed by atoms with Crippen LogP contribution in [0.15, 0.2) is 57.5 Å². The highest BCUT2D eigenvalue weighted by atomic mass is 79.9. The number of halogens is 2. The molecular weight excluding hydrogens is 388 g/mol. The SMILES string of the molecule is Brc1ccc(-c2nsnc2-c2ccc(Br)cc2)cc1. The molecule has 0 atom stereocenters. The normalized spacial score (nSPS) is 10.6. The summed E-state index contributed by atoms with van der Waals surface area (Å²) in [4.78, 5) is 0. The summed E-state index contributed by atoms with van der Waals surface area (Å²) < 4.78 is 11.0. The molecule has 0 N–H and O–H groups in total. The molecule has 0 aliphatic rings. The van der Waals surface area contributed by atoms with E-state index in [2.05, 4.69) is 40.6 Å². The van der Waals surface area contributed by atoms with Crippen LogP contribution in [0.2, 0.25) is 0 Å². The van der Waals surface area contributed by atoms with Gasteiger partial charge in [0.15, 0.2) is 0 Å². The van der Waals surface area contributed by atoms with Gasteiger partial charge in [-0.25, -0.2) is 0 Å². The minimum atomic E-state index is 0.930. The van der Waals surface area contributed by atoms with Crippen LogP contribution in [0.4, 0.5) is 0 Å². The average Bonchev–Trinajstić information content (AvgIpc) is 2.90. The van der Waals surface area contributed by atoms with E-state index in [0.717, 1.165) is 31.5 Å². The van der Waals surface area contributed by atoms with Gasteiger partial charge in [0.05, 0.1) is 11.7 Å². The molecule has 0 unspecified atom stereocenters. The molecule has 0 radical (unpaired) electrons. The Morgan fingerprint density at radius 3 is 1.37 bits per heavy atom. The number of hydrogen-bond donors (Lipinski definition) is 0. The molecule has 2 nitrogen and oxygen atoms in total. The van der Waals surface area contributed by atoms with Gasteiger partial charge in [0.2, 0.25) is 0 Å². The van der Waals surface area contributed by atoms with Gasteiger partial charge in [0.25, 0.3) is 0 Å². The number of nitrogens with zero attached hydrogens (tertiary/aromatic N) is 2. The molecule has 0 spiro atoms. The van der Waals surface area contributed by atoms with Crippen molar-refractivity contribution in [3.05, 3.63) is 57.5 Å². The maximum atomic E-state index is 4.42. The molecule has 1 heterocycles. The van der Waals surface area contributed by atoms with Crippen LogP contribution in [0.1, 0.15) is 0 Å².